The Morgan fingerprint density at radius 3 is 2.25 bits per heavy atom. The van der Waals surface area contributed by atoms with Crippen LogP contribution in [0.4, 0.5) is 0 Å². The smallest absolute Gasteiger partial charge is 0.100 e. The number of nitrogens with zero attached hydrogens (tertiary/aromatic N) is 1. The lowest BCUT2D eigenvalue weighted by molar-refractivity contribution is 0.0354. The molecule has 1 N–H and O–H groups in total. The Morgan fingerprint density at radius 2 is 1.58 bits per heavy atom. The normalized spacial score (nSPS) is 14.8. The van der Waals surface area contributed by atoms with Gasteiger partial charge in [0.1, 0.15) is 5.60 Å². The summed E-state index contributed by atoms with van der Waals surface area (Å²) >= 11 is 1.65. The van der Waals surface area contributed by atoms with E-state index in [4.69, 9.17) is 0 Å². The first-order chi connectivity index (χ1) is 11.6. The molecule has 3 rings (SSSR count). The average Bonchev–Trinajstić information content (AvgIpc) is 2.63. The second-order valence-electron chi connectivity index (χ2n) is 5.95. The van der Waals surface area contributed by atoms with E-state index in [0.29, 0.717) is 0 Å². The van der Waals surface area contributed by atoms with E-state index < -0.39 is 5.60 Å². The summed E-state index contributed by atoms with van der Waals surface area (Å²) in [4.78, 5) is 5.62. The number of hydrogen-bond donors (Lipinski definition) is 1. The molecule has 1 heterocycles. The van der Waals surface area contributed by atoms with E-state index in [2.05, 4.69) is 23.2 Å². The maximum Gasteiger partial charge on any atom is 0.100 e. The van der Waals surface area contributed by atoms with Crippen molar-refractivity contribution in [3.8, 4) is 0 Å². The third kappa shape index (κ3) is 3.23. The summed E-state index contributed by atoms with van der Waals surface area (Å²) in [5, 5.41) is 11.6. The zero-order valence-electron chi connectivity index (χ0n) is 13.9. The Morgan fingerprint density at radius 1 is 0.917 bits per heavy atom. The number of pyridine rings is 1. The van der Waals surface area contributed by atoms with Crippen LogP contribution in [0, 0.1) is 0 Å². The molecular formula is C21H21NOS. The first-order valence-corrected chi connectivity index (χ1v) is 9.19. The van der Waals surface area contributed by atoms with Gasteiger partial charge in [0.25, 0.3) is 0 Å². The Hall–Kier alpha value is -2.10. The fourth-order valence-electron chi connectivity index (χ4n) is 3.19. The monoisotopic (exact) mass is 335 g/mol. The van der Waals surface area contributed by atoms with Crippen molar-refractivity contribution in [3.63, 3.8) is 0 Å². The van der Waals surface area contributed by atoms with Crippen LogP contribution in [0.2, 0.25) is 0 Å². The van der Waals surface area contributed by atoms with Crippen LogP contribution in [0.15, 0.2) is 83.9 Å². The molecule has 0 unspecified atom stereocenters. The molecule has 0 fully saturated rings. The van der Waals surface area contributed by atoms with E-state index in [0.717, 1.165) is 21.7 Å². The first-order valence-electron chi connectivity index (χ1n) is 7.96. The van der Waals surface area contributed by atoms with Gasteiger partial charge in [-0.2, -0.15) is 0 Å². The zero-order chi connectivity index (χ0) is 17.0. The molecule has 2 nitrogen and oxygen atoms in total. The third-order valence-corrected chi connectivity index (χ3v) is 5.13. The summed E-state index contributed by atoms with van der Waals surface area (Å²) in [6.45, 7) is 1.88. The number of thioether (sulfide) groups is 1. The van der Waals surface area contributed by atoms with Crippen LogP contribution in [0.1, 0.15) is 29.7 Å². The molecule has 0 saturated carbocycles. The van der Waals surface area contributed by atoms with Gasteiger partial charge in [-0.05, 0) is 42.5 Å². The Balaban J connectivity index is 2.18. The van der Waals surface area contributed by atoms with Gasteiger partial charge in [-0.25, -0.2) is 0 Å². The van der Waals surface area contributed by atoms with Crippen LogP contribution in [0.3, 0.4) is 0 Å². The number of rotatable bonds is 5. The van der Waals surface area contributed by atoms with Crippen molar-refractivity contribution in [2.24, 2.45) is 0 Å². The molecular weight excluding hydrogens is 314 g/mol. The van der Waals surface area contributed by atoms with E-state index in [1.807, 2.05) is 67.8 Å². The quantitative estimate of drug-likeness (QED) is 0.677. The van der Waals surface area contributed by atoms with Gasteiger partial charge in [-0.1, -0.05) is 54.6 Å². The van der Waals surface area contributed by atoms with Crippen LogP contribution in [-0.4, -0.2) is 16.3 Å². The van der Waals surface area contributed by atoms with E-state index >= 15 is 0 Å². The van der Waals surface area contributed by atoms with Gasteiger partial charge in [-0.15, -0.1) is 11.8 Å². The van der Waals surface area contributed by atoms with E-state index in [1.165, 1.54) is 0 Å². The summed E-state index contributed by atoms with van der Waals surface area (Å²) in [5.74, 6) is -0.242. The van der Waals surface area contributed by atoms with Crippen LogP contribution in [0.5, 0.6) is 0 Å². The second-order valence-corrected chi connectivity index (χ2v) is 6.79. The van der Waals surface area contributed by atoms with Crippen LogP contribution in [0.25, 0.3) is 0 Å². The molecule has 3 aromatic rings. The van der Waals surface area contributed by atoms with E-state index in [1.54, 1.807) is 18.0 Å². The van der Waals surface area contributed by atoms with Crippen molar-refractivity contribution in [3.05, 3.63) is 95.8 Å². The third-order valence-electron chi connectivity index (χ3n) is 4.33. The standard InChI is InChI=1S/C21H21NOS/c1-21(23,17-12-6-7-14-19(17)24-2)20(16-10-4-3-5-11-16)18-13-8-9-15-22-18/h3-15,20,23H,1-2H3/t20-,21-/m0/s1. The van der Waals surface area contributed by atoms with Gasteiger partial charge in [-0.3, -0.25) is 4.98 Å². The summed E-state index contributed by atoms with van der Waals surface area (Å²) in [5.41, 5.74) is 1.77. The molecule has 1 aromatic heterocycles. The number of aromatic nitrogens is 1. The maximum atomic E-state index is 11.6. The zero-order valence-corrected chi connectivity index (χ0v) is 14.7. The summed E-state index contributed by atoms with van der Waals surface area (Å²) in [7, 11) is 0. The van der Waals surface area contributed by atoms with Crippen LogP contribution < -0.4 is 0 Å². The molecule has 0 bridgehead atoms. The van der Waals surface area contributed by atoms with Gasteiger partial charge in [0.2, 0.25) is 0 Å². The summed E-state index contributed by atoms with van der Waals surface area (Å²) in [6, 6.07) is 24.0. The fraction of sp³-hybridized carbons (Fsp3) is 0.190. The van der Waals surface area contributed by atoms with Crippen molar-refractivity contribution in [1.29, 1.82) is 0 Å². The Kier molecular flexibility index (Phi) is 5.03. The van der Waals surface area contributed by atoms with Gasteiger partial charge < -0.3 is 5.11 Å². The second kappa shape index (κ2) is 7.20. The number of aliphatic hydroxyl groups is 1. The minimum absolute atomic E-state index is 0.242. The van der Waals surface area contributed by atoms with E-state index in [-0.39, 0.29) is 5.92 Å². The lowest BCUT2D eigenvalue weighted by atomic mass is 9.76. The van der Waals surface area contributed by atoms with Crippen LogP contribution in [-0.2, 0) is 5.60 Å². The van der Waals surface area contributed by atoms with E-state index in [9.17, 15) is 5.11 Å². The molecule has 0 aliphatic heterocycles. The Labute approximate surface area is 147 Å². The predicted octanol–water partition coefficient (Wildman–Crippen LogP) is 4.84. The topological polar surface area (TPSA) is 33.1 Å². The molecule has 0 spiro atoms. The fourth-order valence-corrected chi connectivity index (χ4v) is 3.90. The molecule has 122 valence electrons. The minimum Gasteiger partial charge on any atom is -0.384 e. The highest BCUT2D eigenvalue weighted by Crippen LogP contribution is 2.43. The molecule has 0 radical (unpaired) electrons. The van der Waals surface area contributed by atoms with Gasteiger partial charge >= 0.3 is 0 Å². The minimum atomic E-state index is -1.07. The number of benzene rings is 2. The highest BCUT2D eigenvalue weighted by molar-refractivity contribution is 7.98. The lowest BCUT2D eigenvalue weighted by Crippen LogP contribution is -2.32. The lowest BCUT2D eigenvalue weighted by Gasteiger charge is -2.34. The molecule has 2 aromatic carbocycles. The maximum absolute atomic E-state index is 11.6. The SMILES string of the molecule is CSc1ccccc1[C@](C)(O)[C@@H](c1ccccc1)c1ccccn1. The van der Waals surface area contributed by atoms with Crippen molar-refractivity contribution in [1.82, 2.24) is 4.98 Å². The Bertz CT molecular complexity index is 748. The number of hydrogen-bond acceptors (Lipinski definition) is 3. The average molecular weight is 335 g/mol. The van der Waals surface area contributed by atoms with Gasteiger partial charge in [0.15, 0.2) is 0 Å². The van der Waals surface area contributed by atoms with Crippen molar-refractivity contribution < 1.29 is 5.11 Å². The predicted molar refractivity (Wildman–Crippen MR) is 100 cm³/mol. The molecule has 3 heteroatoms. The molecule has 2 atom stereocenters. The molecule has 0 aliphatic rings. The first kappa shape index (κ1) is 16.7. The van der Waals surface area contributed by atoms with Crippen molar-refractivity contribution >= 4 is 11.8 Å². The molecule has 0 aliphatic carbocycles. The van der Waals surface area contributed by atoms with Gasteiger partial charge in [0, 0.05) is 11.1 Å². The van der Waals surface area contributed by atoms with Gasteiger partial charge in [0.05, 0.1) is 11.6 Å². The highest BCUT2D eigenvalue weighted by atomic mass is 32.2. The highest BCUT2D eigenvalue weighted by Gasteiger charge is 2.38. The van der Waals surface area contributed by atoms with Crippen molar-refractivity contribution in [2.45, 2.75) is 23.3 Å². The molecule has 0 saturated heterocycles. The molecule has 0 amide bonds. The largest absolute Gasteiger partial charge is 0.384 e. The summed E-state index contributed by atoms with van der Waals surface area (Å²) < 4.78 is 0. The van der Waals surface area contributed by atoms with Crippen molar-refractivity contribution in [2.75, 3.05) is 6.26 Å². The van der Waals surface area contributed by atoms with Crippen LogP contribution >= 0.6 is 11.8 Å². The summed E-state index contributed by atoms with van der Waals surface area (Å²) in [6.07, 6.45) is 3.81. The molecule has 24 heavy (non-hydrogen) atoms.